The minimum absolute atomic E-state index is 0.274. The number of hydrogen-bond donors (Lipinski definition) is 0. The average Bonchev–Trinajstić information content (AvgIpc) is 2.98. The van der Waals surface area contributed by atoms with Crippen LogP contribution in [0.1, 0.15) is 25.3 Å². The molecule has 0 aliphatic carbocycles. The fraction of sp³-hybridized carbons (Fsp3) is 0.238. The molecule has 1 saturated heterocycles. The zero-order chi connectivity index (χ0) is 21.0. The molecule has 29 heavy (non-hydrogen) atoms. The predicted molar refractivity (Wildman–Crippen MR) is 118 cm³/mol. The maximum Gasteiger partial charge on any atom is 0.298 e. The summed E-state index contributed by atoms with van der Waals surface area (Å²) in [6, 6.07) is 10.0. The molecule has 0 unspecified atom stereocenters. The largest absolute Gasteiger partial charge is 0.493 e. The smallest absolute Gasteiger partial charge is 0.298 e. The number of nitrogens with zero attached hydrogens (tertiary/aromatic N) is 1. The Bertz CT molecular complexity index is 977. The van der Waals surface area contributed by atoms with Crippen LogP contribution in [0.2, 0.25) is 10.0 Å². The quantitative estimate of drug-likeness (QED) is 0.358. The van der Waals surface area contributed by atoms with E-state index in [0.29, 0.717) is 33.7 Å². The second kappa shape index (κ2) is 9.57. The number of amides is 2. The van der Waals surface area contributed by atoms with Crippen molar-refractivity contribution in [2.24, 2.45) is 0 Å². The lowest BCUT2D eigenvalue weighted by Crippen LogP contribution is -2.27. The van der Waals surface area contributed by atoms with Crippen molar-refractivity contribution in [3.8, 4) is 11.5 Å². The van der Waals surface area contributed by atoms with E-state index in [1.807, 2.05) is 6.07 Å². The van der Waals surface area contributed by atoms with Gasteiger partial charge >= 0.3 is 0 Å². The first-order valence-corrected chi connectivity index (χ1v) is 10.6. The summed E-state index contributed by atoms with van der Waals surface area (Å²) in [7, 11) is 1.56. The molecule has 0 atom stereocenters. The van der Waals surface area contributed by atoms with Crippen LogP contribution >= 0.6 is 35.0 Å². The molecule has 2 amide bonds. The van der Waals surface area contributed by atoms with E-state index >= 15 is 0 Å². The molecule has 152 valence electrons. The maximum absolute atomic E-state index is 12.8. The molecule has 0 radical (unpaired) electrons. The highest BCUT2D eigenvalue weighted by molar-refractivity contribution is 8.19. The number of methoxy groups -OCH3 is 1. The first kappa shape index (κ1) is 21.6. The standard InChI is InChI=1S/C21H19Cl2NO4S/c1-3-4-9-28-17-8-5-13(10-18(17)27-2)11-19-20(25)24(21(26)29-19)14-6-7-15(22)16(23)12-14/h5-8,10-12H,3-4,9H2,1-2H3/b19-11-. The Kier molecular flexibility index (Phi) is 7.11. The van der Waals surface area contributed by atoms with Crippen molar-refractivity contribution in [1.82, 2.24) is 0 Å². The molecular weight excluding hydrogens is 433 g/mol. The highest BCUT2D eigenvalue weighted by Crippen LogP contribution is 2.38. The van der Waals surface area contributed by atoms with Crippen molar-refractivity contribution >= 4 is 57.9 Å². The van der Waals surface area contributed by atoms with Crippen LogP contribution in [0, 0.1) is 0 Å². The van der Waals surface area contributed by atoms with Crippen molar-refractivity contribution in [2.75, 3.05) is 18.6 Å². The second-order valence-electron chi connectivity index (χ2n) is 6.23. The monoisotopic (exact) mass is 451 g/mol. The fourth-order valence-corrected chi connectivity index (χ4v) is 3.82. The van der Waals surface area contributed by atoms with Crippen molar-refractivity contribution < 1.29 is 19.1 Å². The normalized spacial score (nSPS) is 15.3. The number of imide groups is 1. The molecule has 1 aliphatic heterocycles. The van der Waals surface area contributed by atoms with E-state index in [1.54, 1.807) is 37.5 Å². The van der Waals surface area contributed by atoms with Gasteiger partial charge in [0.2, 0.25) is 0 Å². The zero-order valence-corrected chi connectivity index (χ0v) is 18.2. The van der Waals surface area contributed by atoms with Gasteiger partial charge in [-0.15, -0.1) is 0 Å². The Hall–Kier alpha value is -2.15. The molecule has 0 bridgehead atoms. The van der Waals surface area contributed by atoms with Crippen molar-refractivity contribution in [2.45, 2.75) is 19.8 Å². The lowest BCUT2D eigenvalue weighted by Gasteiger charge is -2.13. The van der Waals surface area contributed by atoms with Crippen LogP contribution in [0.4, 0.5) is 10.5 Å². The van der Waals surface area contributed by atoms with Crippen LogP contribution in [-0.4, -0.2) is 24.9 Å². The topological polar surface area (TPSA) is 55.8 Å². The van der Waals surface area contributed by atoms with Crippen molar-refractivity contribution in [1.29, 1.82) is 0 Å². The predicted octanol–water partition coefficient (Wildman–Crippen LogP) is 6.42. The summed E-state index contributed by atoms with van der Waals surface area (Å²) in [6.45, 7) is 2.70. The van der Waals surface area contributed by atoms with E-state index in [-0.39, 0.29) is 5.02 Å². The van der Waals surface area contributed by atoms with Crippen LogP contribution in [0.15, 0.2) is 41.3 Å². The van der Waals surface area contributed by atoms with Gasteiger partial charge in [0, 0.05) is 0 Å². The minimum Gasteiger partial charge on any atom is -0.493 e. The molecule has 1 aliphatic rings. The molecule has 0 spiro atoms. The number of hydrogen-bond acceptors (Lipinski definition) is 5. The van der Waals surface area contributed by atoms with Gasteiger partial charge in [0.25, 0.3) is 11.1 Å². The third-order valence-corrected chi connectivity index (χ3v) is 5.80. The second-order valence-corrected chi connectivity index (χ2v) is 8.04. The lowest BCUT2D eigenvalue weighted by atomic mass is 10.1. The SMILES string of the molecule is CCCCOc1ccc(/C=C2\SC(=O)N(c3ccc(Cl)c(Cl)c3)C2=O)cc1OC. The van der Waals surface area contributed by atoms with Gasteiger partial charge in [-0.25, -0.2) is 4.90 Å². The summed E-state index contributed by atoms with van der Waals surface area (Å²) in [5, 5.41) is 0.230. The number of thioether (sulfide) groups is 1. The van der Waals surface area contributed by atoms with Crippen molar-refractivity contribution in [3.63, 3.8) is 0 Å². The number of carbonyl (C=O) groups is 2. The highest BCUT2D eigenvalue weighted by atomic mass is 35.5. The zero-order valence-electron chi connectivity index (χ0n) is 15.9. The number of benzene rings is 2. The number of ether oxygens (including phenoxy) is 2. The third-order valence-electron chi connectivity index (χ3n) is 4.20. The van der Waals surface area contributed by atoms with Gasteiger partial charge in [-0.3, -0.25) is 9.59 Å². The third kappa shape index (κ3) is 4.89. The first-order valence-electron chi connectivity index (χ1n) is 8.98. The Labute approximate surface area is 183 Å². The summed E-state index contributed by atoms with van der Waals surface area (Å²) in [4.78, 5) is 26.6. The summed E-state index contributed by atoms with van der Waals surface area (Å²) in [5.74, 6) is 0.793. The average molecular weight is 452 g/mol. The van der Waals surface area contributed by atoms with E-state index in [4.69, 9.17) is 32.7 Å². The van der Waals surface area contributed by atoms with Crippen LogP contribution in [0.5, 0.6) is 11.5 Å². The van der Waals surface area contributed by atoms with Crippen LogP contribution < -0.4 is 14.4 Å². The van der Waals surface area contributed by atoms with Gasteiger partial charge in [-0.05, 0) is 60.2 Å². The number of unbranched alkanes of at least 4 members (excludes halogenated alkanes) is 1. The number of rotatable bonds is 7. The molecule has 0 N–H and O–H groups in total. The van der Waals surface area contributed by atoms with Gasteiger partial charge < -0.3 is 9.47 Å². The van der Waals surface area contributed by atoms with E-state index in [9.17, 15) is 9.59 Å². The molecule has 0 aromatic heterocycles. The number of carbonyl (C=O) groups excluding carboxylic acids is 2. The molecule has 0 saturated carbocycles. The van der Waals surface area contributed by atoms with Gasteiger partial charge in [0.15, 0.2) is 11.5 Å². The molecule has 5 nitrogen and oxygen atoms in total. The summed E-state index contributed by atoms with van der Waals surface area (Å²) >= 11 is 12.8. The summed E-state index contributed by atoms with van der Waals surface area (Å²) in [5.41, 5.74) is 1.10. The van der Waals surface area contributed by atoms with E-state index < -0.39 is 11.1 Å². The van der Waals surface area contributed by atoms with E-state index in [1.165, 1.54) is 6.07 Å². The maximum atomic E-state index is 12.8. The van der Waals surface area contributed by atoms with Gasteiger partial charge in [-0.2, -0.15) is 0 Å². The molecule has 1 heterocycles. The summed E-state index contributed by atoms with van der Waals surface area (Å²) < 4.78 is 11.1. The molecule has 2 aromatic carbocycles. The van der Waals surface area contributed by atoms with Gasteiger partial charge in [0.05, 0.1) is 34.4 Å². The Morgan fingerprint density at radius 1 is 1.07 bits per heavy atom. The van der Waals surface area contributed by atoms with Gasteiger partial charge in [-0.1, -0.05) is 42.6 Å². The van der Waals surface area contributed by atoms with E-state index in [2.05, 4.69) is 6.92 Å². The van der Waals surface area contributed by atoms with Crippen LogP contribution in [0.25, 0.3) is 6.08 Å². The minimum atomic E-state index is -0.416. The number of anilines is 1. The molecule has 8 heteroatoms. The first-order chi connectivity index (χ1) is 13.9. The molecular formula is C21H19Cl2NO4S. The Morgan fingerprint density at radius 3 is 2.55 bits per heavy atom. The van der Waals surface area contributed by atoms with Crippen LogP contribution in [-0.2, 0) is 4.79 Å². The highest BCUT2D eigenvalue weighted by Gasteiger charge is 2.36. The Balaban J connectivity index is 1.84. The summed E-state index contributed by atoms with van der Waals surface area (Å²) in [6.07, 6.45) is 3.64. The van der Waals surface area contributed by atoms with E-state index in [0.717, 1.165) is 35.1 Å². The molecule has 1 fully saturated rings. The van der Waals surface area contributed by atoms with Gasteiger partial charge in [0.1, 0.15) is 0 Å². The molecule has 2 aromatic rings. The lowest BCUT2D eigenvalue weighted by molar-refractivity contribution is -0.113. The van der Waals surface area contributed by atoms with Crippen LogP contribution in [0.3, 0.4) is 0 Å². The molecule has 3 rings (SSSR count). The number of halogens is 2. The fourth-order valence-electron chi connectivity index (χ4n) is 2.69. The van der Waals surface area contributed by atoms with Crippen molar-refractivity contribution in [3.05, 3.63) is 56.9 Å². The Morgan fingerprint density at radius 2 is 1.86 bits per heavy atom.